The topological polar surface area (TPSA) is 120 Å². The van der Waals surface area contributed by atoms with Crippen molar-refractivity contribution in [1.82, 2.24) is 19.9 Å². The molecule has 0 radical (unpaired) electrons. The average molecular weight is 645 g/mol. The second-order valence-electron chi connectivity index (χ2n) is 11.3. The van der Waals surface area contributed by atoms with Gasteiger partial charge in [0.25, 0.3) is 16.8 Å². The molecule has 0 amide bonds. The Morgan fingerprint density at radius 3 is 1.59 bits per heavy atom. The molecule has 5 aromatic rings. The lowest BCUT2D eigenvalue weighted by atomic mass is 10.00. The summed E-state index contributed by atoms with van der Waals surface area (Å²) in [6, 6.07) is 25.7. The molecule has 0 saturated heterocycles. The number of nitrogens with zero attached hydrogens (tertiary/aromatic N) is 4. The van der Waals surface area contributed by atoms with Crippen molar-refractivity contribution >= 4 is 29.2 Å². The van der Waals surface area contributed by atoms with E-state index in [0.717, 1.165) is 22.3 Å². The molecule has 0 fully saturated rings. The van der Waals surface area contributed by atoms with Crippen molar-refractivity contribution in [2.75, 3.05) is 0 Å². The summed E-state index contributed by atoms with van der Waals surface area (Å²) in [5, 5.41) is 10.5. The fourth-order valence-electron chi connectivity index (χ4n) is 4.74. The maximum atomic E-state index is 12.7. The molecule has 8 nitrogen and oxygen atoms in total. The molecule has 0 bridgehead atoms. The molecule has 3 aromatic carbocycles. The third kappa shape index (κ3) is 7.48. The second kappa shape index (κ2) is 14.5. The van der Waals surface area contributed by atoms with E-state index in [4.69, 9.17) is 6.57 Å². The van der Waals surface area contributed by atoms with Crippen molar-refractivity contribution < 1.29 is 0 Å². The number of aromatic amines is 2. The number of rotatable bonds is 10. The van der Waals surface area contributed by atoms with Gasteiger partial charge in [-0.15, -0.1) is 0 Å². The zero-order chi connectivity index (χ0) is 32.8. The number of hydrogen-bond acceptors (Lipinski definition) is 7. The summed E-state index contributed by atoms with van der Waals surface area (Å²) in [4.78, 5) is 43.6. The minimum absolute atomic E-state index is 0.000725. The van der Waals surface area contributed by atoms with Gasteiger partial charge in [0.1, 0.15) is 11.6 Å². The first-order valence-corrected chi connectivity index (χ1v) is 16.7. The fraction of sp³-hybridized carbons (Fsp3) is 0.222. The van der Waals surface area contributed by atoms with Crippen LogP contribution in [0.2, 0.25) is 0 Å². The van der Waals surface area contributed by atoms with E-state index >= 15 is 0 Å². The lowest BCUT2D eigenvalue weighted by Crippen LogP contribution is -2.14. The summed E-state index contributed by atoms with van der Waals surface area (Å²) < 4.78 is 0. The van der Waals surface area contributed by atoms with Crippen LogP contribution in [0.15, 0.2) is 92.7 Å². The lowest BCUT2D eigenvalue weighted by Gasteiger charge is -2.10. The average Bonchev–Trinajstić information content (AvgIpc) is 3.06. The molecule has 46 heavy (non-hydrogen) atoms. The second-order valence-corrected chi connectivity index (χ2v) is 13.3. The van der Waals surface area contributed by atoms with Crippen molar-refractivity contribution in [3.05, 3.63) is 133 Å². The van der Waals surface area contributed by atoms with E-state index in [9.17, 15) is 14.9 Å². The summed E-state index contributed by atoms with van der Waals surface area (Å²) >= 11 is 2.79. The van der Waals surface area contributed by atoms with E-state index in [2.05, 4.69) is 52.5 Å². The van der Waals surface area contributed by atoms with Gasteiger partial charge in [0.05, 0.1) is 18.0 Å². The van der Waals surface area contributed by atoms with E-state index < -0.39 is 11.1 Å². The predicted molar refractivity (Wildman–Crippen MR) is 185 cm³/mol. The standard InChI is InChI=1S/C36H32N6O2S2/c1-21(2)25-10-14-27(15-11-25)30-29(18-37)33(43)41-35(39-30)45-19-23-6-8-24(9-7-23)20-46-36-40-31(32(38-5)34(44)42-36)28-16-12-26(13-17-28)22(3)4/h6-17,21-22H,19-20H2,1-4H3,(H,39,41,43)(H,40,42,44). The Hall–Kier alpha value is -4.90. The Bertz CT molecular complexity index is 1900. The quantitative estimate of drug-likeness (QED) is 0.0889. The highest BCUT2D eigenvalue weighted by Gasteiger charge is 2.16. The van der Waals surface area contributed by atoms with Crippen molar-refractivity contribution in [3.8, 4) is 28.6 Å². The fourth-order valence-corrected chi connectivity index (χ4v) is 6.37. The van der Waals surface area contributed by atoms with E-state index in [1.54, 1.807) is 0 Å². The minimum Gasteiger partial charge on any atom is -0.311 e. The number of nitrogens with one attached hydrogen (secondary N) is 2. The normalized spacial score (nSPS) is 11.0. The van der Waals surface area contributed by atoms with Crippen LogP contribution in [0.4, 0.5) is 5.69 Å². The predicted octanol–water partition coefficient (Wildman–Crippen LogP) is 8.44. The van der Waals surface area contributed by atoms with Crippen molar-refractivity contribution in [2.45, 2.75) is 61.3 Å². The summed E-state index contributed by atoms with van der Waals surface area (Å²) in [6.45, 7) is 16.0. The highest BCUT2D eigenvalue weighted by atomic mass is 32.2. The molecular weight excluding hydrogens is 613 g/mol. The third-order valence-electron chi connectivity index (χ3n) is 7.47. The van der Waals surface area contributed by atoms with Gasteiger partial charge in [-0.25, -0.2) is 14.8 Å². The highest BCUT2D eigenvalue weighted by molar-refractivity contribution is 7.98. The molecule has 2 heterocycles. The largest absolute Gasteiger partial charge is 0.311 e. The van der Waals surface area contributed by atoms with Crippen LogP contribution in [-0.4, -0.2) is 19.9 Å². The van der Waals surface area contributed by atoms with Crippen LogP contribution in [0.5, 0.6) is 0 Å². The van der Waals surface area contributed by atoms with Gasteiger partial charge in [-0.2, -0.15) is 5.26 Å². The van der Waals surface area contributed by atoms with Gasteiger partial charge in [-0.3, -0.25) is 9.59 Å². The molecule has 5 rings (SSSR count). The van der Waals surface area contributed by atoms with Crippen LogP contribution in [-0.2, 0) is 11.5 Å². The lowest BCUT2D eigenvalue weighted by molar-refractivity contribution is 0.866. The Labute approximate surface area is 276 Å². The van der Waals surface area contributed by atoms with Crippen LogP contribution >= 0.6 is 23.5 Å². The molecule has 0 aliphatic heterocycles. The van der Waals surface area contributed by atoms with Crippen molar-refractivity contribution in [2.24, 2.45) is 0 Å². The van der Waals surface area contributed by atoms with Gasteiger partial charge in [0, 0.05) is 17.1 Å². The Morgan fingerprint density at radius 1 is 0.717 bits per heavy atom. The number of H-pyrrole nitrogens is 2. The highest BCUT2D eigenvalue weighted by Crippen LogP contribution is 2.30. The van der Waals surface area contributed by atoms with Crippen LogP contribution in [0.3, 0.4) is 0 Å². The monoisotopic (exact) mass is 644 g/mol. The van der Waals surface area contributed by atoms with Gasteiger partial charge in [-0.05, 0) is 39.7 Å². The molecular formula is C36H32N6O2S2. The zero-order valence-corrected chi connectivity index (χ0v) is 27.6. The van der Waals surface area contributed by atoms with Gasteiger partial charge in [0.2, 0.25) is 0 Å². The SMILES string of the molecule is [C-]#[N+]c1c(-c2ccc(C(C)C)cc2)nc(SCc2ccc(CSc3nc(-c4ccc(C(C)C)cc4)c(C#N)c(=O)[nH]3)cc2)[nH]c1=O. The van der Waals surface area contributed by atoms with Gasteiger partial charge in [-0.1, -0.05) is 124 Å². The molecule has 2 aromatic heterocycles. The first-order valence-electron chi connectivity index (χ1n) is 14.8. The smallest absolute Gasteiger partial charge is 0.276 e. The summed E-state index contributed by atoms with van der Waals surface area (Å²) in [5.41, 5.74) is 5.72. The summed E-state index contributed by atoms with van der Waals surface area (Å²) in [5.74, 6) is 1.89. The molecule has 230 valence electrons. The third-order valence-corrected chi connectivity index (χ3v) is 9.36. The number of benzene rings is 3. The first-order chi connectivity index (χ1) is 22.2. The first kappa shape index (κ1) is 32.5. The van der Waals surface area contributed by atoms with Crippen molar-refractivity contribution in [1.29, 1.82) is 5.26 Å². The zero-order valence-electron chi connectivity index (χ0n) is 25.9. The molecule has 0 atom stereocenters. The van der Waals surface area contributed by atoms with Gasteiger partial charge < -0.3 is 9.97 Å². The molecule has 0 aliphatic carbocycles. The molecule has 10 heteroatoms. The molecule has 2 N–H and O–H groups in total. The number of nitriles is 1. The van der Waals surface area contributed by atoms with Crippen LogP contribution in [0.1, 0.15) is 67.3 Å². The molecule has 0 unspecified atom stereocenters. The summed E-state index contributed by atoms with van der Waals surface area (Å²) in [7, 11) is 0. The minimum atomic E-state index is -0.456. The molecule has 0 spiro atoms. The molecule has 0 aliphatic rings. The number of hydrogen-bond donors (Lipinski definition) is 2. The van der Waals surface area contributed by atoms with E-state index in [0.29, 0.717) is 45.0 Å². The maximum Gasteiger partial charge on any atom is 0.276 e. The van der Waals surface area contributed by atoms with Crippen LogP contribution in [0, 0.1) is 17.9 Å². The van der Waals surface area contributed by atoms with Gasteiger partial charge >= 0.3 is 0 Å². The Morgan fingerprint density at radius 2 is 1.15 bits per heavy atom. The number of aromatic nitrogens is 4. The van der Waals surface area contributed by atoms with E-state index in [1.165, 1.54) is 34.7 Å². The maximum absolute atomic E-state index is 12.7. The summed E-state index contributed by atoms with van der Waals surface area (Å²) in [6.07, 6.45) is 0. The van der Waals surface area contributed by atoms with Crippen LogP contribution < -0.4 is 11.1 Å². The Balaban J connectivity index is 1.26. The van der Waals surface area contributed by atoms with Gasteiger partial charge in [0.15, 0.2) is 10.3 Å². The van der Waals surface area contributed by atoms with Crippen molar-refractivity contribution in [3.63, 3.8) is 0 Å². The van der Waals surface area contributed by atoms with E-state index in [-0.39, 0.29) is 11.3 Å². The van der Waals surface area contributed by atoms with E-state index in [1.807, 2.05) is 78.9 Å². The molecule has 0 saturated carbocycles. The Kier molecular flexibility index (Phi) is 10.2. The van der Waals surface area contributed by atoms with Crippen LogP contribution in [0.25, 0.3) is 27.4 Å². The number of thioether (sulfide) groups is 2.